The van der Waals surface area contributed by atoms with Gasteiger partial charge >= 0.3 is 0 Å². The summed E-state index contributed by atoms with van der Waals surface area (Å²) in [7, 11) is 3.11. The van der Waals surface area contributed by atoms with Crippen molar-refractivity contribution in [2.75, 3.05) is 33.9 Å². The summed E-state index contributed by atoms with van der Waals surface area (Å²) in [6.07, 6.45) is 2.02. The molecule has 0 aliphatic carbocycles. The van der Waals surface area contributed by atoms with E-state index in [0.717, 1.165) is 18.4 Å². The number of methoxy groups -OCH3 is 2. The molecule has 0 unspecified atom stereocenters. The van der Waals surface area contributed by atoms with Crippen LogP contribution in [0.15, 0.2) is 42.5 Å². The van der Waals surface area contributed by atoms with Gasteiger partial charge in [0.15, 0.2) is 0 Å². The first-order valence-electron chi connectivity index (χ1n) is 10.5. The average Bonchev–Trinajstić information content (AvgIpc) is 3.07. The minimum atomic E-state index is -0.292. The third-order valence-corrected chi connectivity index (χ3v) is 6.42. The minimum absolute atomic E-state index is 0.0738. The van der Waals surface area contributed by atoms with Crippen molar-refractivity contribution < 1.29 is 23.5 Å². The highest BCUT2D eigenvalue weighted by Gasteiger charge is 2.45. The molecule has 7 heteroatoms. The van der Waals surface area contributed by atoms with Crippen molar-refractivity contribution in [1.29, 1.82) is 0 Å². The molecule has 0 N–H and O–H groups in total. The van der Waals surface area contributed by atoms with E-state index in [4.69, 9.17) is 9.47 Å². The van der Waals surface area contributed by atoms with Gasteiger partial charge in [0.2, 0.25) is 5.91 Å². The molecule has 1 spiro atoms. The lowest BCUT2D eigenvalue weighted by Crippen LogP contribution is -2.44. The fourth-order valence-corrected chi connectivity index (χ4v) is 4.65. The predicted molar refractivity (Wildman–Crippen MR) is 114 cm³/mol. The second-order valence-electron chi connectivity index (χ2n) is 8.41. The van der Waals surface area contributed by atoms with Crippen molar-refractivity contribution >= 4 is 11.8 Å². The normalized spacial score (nSPS) is 17.8. The Bertz CT molecular complexity index is 985. The number of carbonyl (C=O) groups excluding carboxylic acids is 2. The fraction of sp³-hybridized carbons (Fsp3) is 0.417. The van der Waals surface area contributed by atoms with Gasteiger partial charge in [-0.15, -0.1) is 0 Å². The first kappa shape index (κ1) is 21.2. The number of likely N-dealkylation sites (tertiary alicyclic amines) is 2. The largest absolute Gasteiger partial charge is 0.497 e. The molecule has 2 amide bonds. The van der Waals surface area contributed by atoms with Gasteiger partial charge in [-0.2, -0.15) is 0 Å². The molecule has 2 fully saturated rings. The minimum Gasteiger partial charge on any atom is -0.497 e. The quantitative estimate of drug-likeness (QED) is 0.734. The lowest BCUT2D eigenvalue weighted by Gasteiger charge is -2.39. The smallest absolute Gasteiger partial charge is 0.257 e. The van der Waals surface area contributed by atoms with E-state index in [-0.39, 0.29) is 23.0 Å². The highest BCUT2D eigenvalue weighted by Crippen LogP contribution is 2.42. The lowest BCUT2D eigenvalue weighted by molar-refractivity contribution is -0.128. The molecule has 0 saturated carbocycles. The Morgan fingerprint density at radius 3 is 2.55 bits per heavy atom. The number of benzene rings is 2. The molecular formula is C24H27FN2O4. The summed E-state index contributed by atoms with van der Waals surface area (Å²) in [5, 5.41) is 0. The molecule has 164 valence electrons. The van der Waals surface area contributed by atoms with E-state index in [1.165, 1.54) is 19.2 Å². The number of piperidine rings is 1. The van der Waals surface area contributed by atoms with Gasteiger partial charge < -0.3 is 19.3 Å². The van der Waals surface area contributed by atoms with Gasteiger partial charge in [0.1, 0.15) is 17.3 Å². The van der Waals surface area contributed by atoms with E-state index < -0.39 is 0 Å². The topological polar surface area (TPSA) is 59.1 Å². The summed E-state index contributed by atoms with van der Waals surface area (Å²) in [4.78, 5) is 29.4. The van der Waals surface area contributed by atoms with Crippen LogP contribution in [0.25, 0.3) is 0 Å². The van der Waals surface area contributed by atoms with E-state index in [1.807, 2.05) is 15.9 Å². The number of halogens is 1. The maximum Gasteiger partial charge on any atom is 0.257 e. The van der Waals surface area contributed by atoms with Crippen molar-refractivity contribution in [3.63, 3.8) is 0 Å². The zero-order valence-corrected chi connectivity index (χ0v) is 17.9. The summed E-state index contributed by atoms with van der Waals surface area (Å²) in [6, 6.07) is 11.6. The summed E-state index contributed by atoms with van der Waals surface area (Å²) in [6.45, 7) is 2.25. The highest BCUT2D eigenvalue weighted by atomic mass is 19.1. The molecule has 2 aliphatic heterocycles. The Labute approximate surface area is 181 Å². The van der Waals surface area contributed by atoms with E-state index in [0.29, 0.717) is 49.7 Å². The van der Waals surface area contributed by atoms with Crippen LogP contribution in [-0.2, 0) is 11.3 Å². The van der Waals surface area contributed by atoms with Gasteiger partial charge in [0, 0.05) is 44.1 Å². The molecule has 2 aromatic rings. The van der Waals surface area contributed by atoms with Crippen LogP contribution in [0.1, 0.15) is 35.2 Å². The van der Waals surface area contributed by atoms with Crippen molar-refractivity contribution in [2.24, 2.45) is 5.41 Å². The molecule has 4 rings (SSSR count). The van der Waals surface area contributed by atoms with Crippen LogP contribution >= 0.6 is 0 Å². The van der Waals surface area contributed by atoms with Crippen LogP contribution in [0.5, 0.6) is 11.5 Å². The van der Waals surface area contributed by atoms with Crippen molar-refractivity contribution in [2.45, 2.75) is 25.8 Å². The predicted octanol–water partition coefficient (Wildman–Crippen LogP) is 3.50. The molecular weight excluding hydrogens is 399 g/mol. The average molecular weight is 426 g/mol. The third-order valence-electron chi connectivity index (χ3n) is 6.42. The molecule has 6 nitrogen and oxygen atoms in total. The molecule has 31 heavy (non-hydrogen) atoms. The van der Waals surface area contributed by atoms with E-state index in [9.17, 15) is 14.0 Å². The van der Waals surface area contributed by atoms with E-state index >= 15 is 0 Å². The van der Waals surface area contributed by atoms with Crippen molar-refractivity contribution in [3.05, 3.63) is 59.4 Å². The summed E-state index contributed by atoms with van der Waals surface area (Å²) in [5.41, 5.74) is 1.18. The maximum atomic E-state index is 13.5. The molecule has 0 bridgehead atoms. The van der Waals surface area contributed by atoms with E-state index in [1.54, 1.807) is 31.4 Å². The molecule has 2 aliphatic rings. The number of carbonyl (C=O) groups is 2. The Hall–Kier alpha value is -3.09. The molecule has 2 heterocycles. The Balaban J connectivity index is 1.40. The molecule has 0 radical (unpaired) electrons. The zero-order chi connectivity index (χ0) is 22.0. The third kappa shape index (κ3) is 4.36. The van der Waals surface area contributed by atoms with Crippen LogP contribution in [0.3, 0.4) is 0 Å². The van der Waals surface area contributed by atoms with Crippen LogP contribution in [-0.4, -0.2) is 55.5 Å². The summed E-state index contributed by atoms with van der Waals surface area (Å²) < 4.78 is 24.1. The number of amides is 2. The van der Waals surface area contributed by atoms with Gasteiger partial charge in [-0.25, -0.2) is 4.39 Å². The summed E-state index contributed by atoms with van der Waals surface area (Å²) >= 11 is 0. The van der Waals surface area contributed by atoms with Gasteiger partial charge in [-0.1, -0.05) is 12.1 Å². The lowest BCUT2D eigenvalue weighted by atomic mass is 9.77. The number of ether oxygens (including phenoxy) is 2. The van der Waals surface area contributed by atoms with Gasteiger partial charge in [0.25, 0.3) is 5.91 Å². The standard InChI is InChI=1S/C24H27FN2O4/c1-30-19-6-7-20(21(13-19)31-2)23(29)26-10-8-24(9-11-26)14-22(28)27(16-24)15-17-4-3-5-18(25)12-17/h3-7,12-13H,8-11,14-16H2,1-2H3. The Morgan fingerprint density at radius 1 is 1.10 bits per heavy atom. The number of hydrogen-bond acceptors (Lipinski definition) is 4. The number of nitrogens with zero attached hydrogens (tertiary/aromatic N) is 2. The van der Waals surface area contributed by atoms with Gasteiger partial charge in [-0.3, -0.25) is 9.59 Å². The first-order valence-corrected chi connectivity index (χ1v) is 10.5. The second kappa shape index (κ2) is 8.57. The summed E-state index contributed by atoms with van der Waals surface area (Å²) in [5.74, 6) is 0.853. The van der Waals surface area contributed by atoms with Crippen LogP contribution < -0.4 is 9.47 Å². The molecule has 0 aromatic heterocycles. The van der Waals surface area contributed by atoms with E-state index in [2.05, 4.69) is 0 Å². The fourth-order valence-electron chi connectivity index (χ4n) is 4.65. The van der Waals surface area contributed by atoms with Gasteiger partial charge in [0.05, 0.1) is 19.8 Å². The number of hydrogen-bond donors (Lipinski definition) is 0. The van der Waals surface area contributed by atoms with Crippen LogP contribution in [0.4, 0.5) is 4.39 Å². The highest BCUT2D eigenvalue weighted by molar-refractivity contribution is 5.97. The monoisotopic (exact) mass is 426 g/mol. The number of rotatable bonds is 5. The maximum absolute atomic E-state index is 13.5. The Kier molecular flexibility index (Phi) is 5.85. The SMILES string of the molecule is COc1ccc(C(=O)N2CCC3(CC2)CC(=O)N(Cc2cccc(F)c2)C3)c(OC)c1. The second-order valence-corrected chi connectivity index (χ2v) is 8.41. The molecule has 0 atom stereocenters. The van der Waals surface area contributed by atoms with Crippen LogP contribution in [0.2, 0.25) is 0 Å². The van der Waals surface area contributed by atoms with Crippen LogP contribution in [0, 0.1) is 11.2 Å². The first-order chi connectivity index (χ1) is 14.9. The zero-order valence-electron chi connectivity index (χ0n) is 17.9. The Morgan fingerprint density at radius 2 is 1.87 bits per heavy atom. The molecule has 2 saturated heterocycles. The van der Waals surface area contributed by atoms with Crippen molar-refractivity contribution in [3.8, 4) is 11.5 Å². The van der Waals surface area contributed by atoms with Gasteiger partial charge in [-0.05, 0) is 42.7 Å². The van der Waals surface area contributed by atoms with Crippen molar-refractivity contribution in [1.82, 2.24) is 9.80 Å². The molecule has 2 aromatic carbocycles.